The fraction of sp³-hybridized carbons (Fsp3) is 0.364. The summed E-state index contributed by atoms with van der Waals surface area (Å²) in [6, 6.07) is 7.05. The molecule has 1 saturated heterocycles. The molecule has 0 spiro atoms. The quantitative estimate of drug-likeness (QED) is 0.683. The molecule has 1 fully saturated rings. The number of carbonyl (C=O) groups is 1. The maximum Gasteiger partial charge on any atom is 0.262 e. The number of ether oxygens (including phenoxy) is 3. The minimum absolute atomic E-state index is 0.140. The van der Waals surface area contributed by atoms with E-state index in [1.807, 2.05) is 13.8 Å². The molecular weight excluding hydrogens is 398 g/mol. The van der Waals surface area contributed by atoms with Crippen LogP contribution in [0.2, 0.25) is 0 Å². The number of fused-ring (bicyclic) bond motifs is 1. The second kappa shape index (κ2) is 8.35. The Labute approximate surface area is 180 Å². The summed E-state index contributed by atoms with van der Waals surface area (Å²) < 4.78 is 17.0. The Morgan fingerprint density at radius 2 is 2.16 bits per heavy atom. The average molecular weight is 423 g/mol. The Kier molecular flexibility index (Phi) is 5.60. The SMILES string of the molecule is CN=C/C(=C\N)c1cccc(NC(=O)c2cc3c(nc2OC2COC2)OC(C)(C)C3)n1. The van der Waals surface area contributed by atoms with Crippen molar-refractivity contribution >= 4 is 23.5 Å². The van der Waals surface area contributed by atoms with Gasteiger partial charge < -0.3 is 25.3 Å². The summed E-state index contributed by atoms with van der Waals surface area (Å²) in [5.74, 6) is 0.719. The van der Waals surface area contributed by atoms with Crippen molar-refractivity contribution in [3.8, 4) is 11.8 Å². The largest absolute Gasteiger partial charge is 0.471 e. The molecule has 4 rings (SSSR count). The van der Waals surface area contributed by atoms with Gasteiger partial charge in [0.15, 0.2) is 0 Å². The maximum absolute atomic E-state index is 13.2. The molecule has 9 nitrogen and oxygen atoms in total. The molecule has 0 aliphatic carbocycles. The van der Waals surface area contributed by atoms with Crippen molar-refractivity contribution < 1.29 is 19.0 Å². The van der Waals surface area contributed by atoms with Crippen molar-refractivity contribution in [2.75, 3.05) is 25.6 Å². The molecule has 162 valence electrons. The summed E-state index contributed by atoms with van der Waals surface area (Å²) >= 11 is 0. The van der Waals surface area contributed by atoms with Crippen molar-refractivity contribution in [2.45, 2.75) is 32.0 Å². The molecule has 0 aromatic carbocycles. The summed E-state index contributed by atoms with van der Waals surface area (Å²) in [5, 5.41) is 2.83. The van der Waals surface area contributed by atoms with Gasteiger partial charge in [0.25, 0.3) is 5.91 Å². The molecule has 2 aliphatic rings. The third-order valence-electron chi connectivity index (χ3n) is 4.88. The van der Waals surface area contributed by atoms with E-state index >= 15 is 0 Å². The number of carbonyl (C=O) groups excluding carboxylic acids is 1. The Balaban J connectivity index is 1.62. The maximum atomic E-state index is 13.2. The normalized spacial score (nSPS) is 17.7. The first-order valence-electron chi connectivity index (χ1n) is 9.99. The third-order valence-corrected chi connectivity index (χ3v) is 4.88. The zero-order chi connectivity index (χ0) is 22.0. The highest BCUT2D eigenvalue weighted by atomic mass is 16.6. The van der Waals surface area contributed by atoms with Crippen LogP contribution in [0.15, 0.2) is 35.5 Å². The van der Waals surface area contributed by atoms with E-state index in [0.717, 1.165) is 5.56 Å². The van der Waals surface area contributed by atoms with Gasteiger partial charge in [-0.15, -0.1) is 0 Å². The molecule has 2 aromatic rings. The lowest BCUT2D eigenvalue weighted by atomic mass is 10.0. The van der Waals surface area contributed by atoms with Gasteiger partial charge in [-0.25, -0.2) is 4.98 Å². The van der Waals surface area contributed by atoms with Crippen molar-refractivity contribution in [3.63, 3.8) is 0 Å². The van der Waals surface area contributed by atoms with Gasteiger partial charge in [-0.05, 0) is 32.0 Å². The number of hydrogen-bond acceptors (Lipinski definition) is 8. The summed E-state index contributed by atoms with van der Waals surface area (Å²) in [6.45, 7) is 4.88. The molecule has 0 atom stereocenters. The topological polar surface area (TPSA) is 121 Å². The lowest BCUT2D eigenvalue weighted by Crippen LogP contribution is -2.39. The molecule has 31 heavy (non-hydrogen) atoms. The van der Waals surface area contributed by atoms with E-state index in [9.17, 15) is 4.79 Å². The lowest BCUT2D eigenvalue weighted by Gasteiger charge is -2.27. The van der Waals surface area contributed by atoms with Crippen molar-refractivity contribution in [1.29, 1.82) is 0 Å². The van der Waals surface area contributed by atoms with Crippen molar-refractivity contribution in [1.82, 2.24) is 9.97 Å². The first kappa shape index (κ1) is 20.8. The highest BCUT2D eigenvalue weighted by Gasteiger charge is 2.34. The second-order valence-electron chi connectivity index (χ2n) is 7.99. The third kappa shape index (κ3) is 4.51. The van der Waals surface area contributed by atoms with Crippen LogP contribution in [0.3, 0.4) is 0 Å². The molecule has 0 unspecified atom stereocenters. The second-order valence-corrected chi connectivity index (χ2v) is 7.99. The number of pyridine rings is 2. The molecular formula is C22H25N5O4. The molecule has 1 amide bonds. The standard InChI is InChI=1S/C22H25N5O4/c1-22(2)8-13-7-16(21(27-20(13)31-22)30-15-11-29-12-15)19(28)26-18-6-4-5-17(25-18)14(9-23)10-24-3/h4-7,9-10,15H,8,11-12,23H2,1-3H3,(H,25,26,28)/b14-9+,24-10?. The number of nitrogens with two attached hydrogens (primary N) is 1. The number of amides is 1. The zero-order valence-electron chi connectivity index (χ0n) is 17.7. The monoisotopic (exact) mass is 423 g/mol. The number of nitrogens with zero attached hydrogens (tertiary/aromatic N) is 3. The highest BCUT2D eigenvalue weighted by molar-refractivity contribution is 6.09. The van der Waals surface area contributed by atoms with E-state index < -0.39 is 0 Å². The van der Waals surface area contributed by atoms with Gasteiger partial charge in [0, 0.05) is 37.0 Å². The number of hydrogen-bond donors (Lipinski definition) is 2. The van der Waals surface area contributed by atoms with E-state index in [1.165, 1.54) is 6.20 Å². The summed E-state index contributed by atoms with van der Waals surface area (Å²) in [5.41, 5.74) is 7.70. The van der Waals surface area contributed by atoms with E-state index in [0.29, 0.717) is 48.2 Å². The minimum atomic E-state index is -0.386. The number of rotatable bonds is 6. The Hall–Kier alpha value is -3.46. The predicted octanol–water partition coefficient (Wildman–Crippen LogP) is 2.22. The van der Waals surface area contributed by atoms with E-state index in [2.05, 4.69) is 20.3 Å². The van der Waals surface area contributed by atoms with Crippen molar-refractivity contribution in [3.05, 3.63) is 47.3 Å². The molecule has 2 aromatic heterocycles. The van der Waals surface area contributed by atoms with Gasteiger partial charge >= 0.3 is 0 Å². The molecule has 0 radical (unpaired) electrons. The van der Waals surface area contributed by atoms with Crippen LogP contribution < -0.4 is 20.5 Å². The Bertz CT molecular complexity index is 1060. The number of allylic oxidation sites excluding steroid dienone is 1. The molecule has 3 N–H and O–H groups in total. The van der Waals surface area contributed by atoms with Crippen LogP contribution in [0.5, 0.6) is 11.8 Å². The van der Waals surface area contributed by atoms with Gasteiger partial charge in [0.05, 0.1) is 18.9 Å². The van der Waals surface area contributed by atoms with Crippen LogP contribution in [0.25, 0.3) is 5.57 Å². The van der Waals surface area contributed by atoms with Crippen LogP contribution in [0.1, 0.15) is 35.5 Å². The molecule has 0 bridgehead atoms. The molecule has 0 saturated carbocycles. The van der Waals surface area contributed by atoms with E-state index in [1.54, 1.807) is 37.5 Å². The summed E-state index contributed by atoms with van der Waals surface area (Å²) in [7, 11) is 1.65. The van der Waals surface area contributed by atoms with Crippen LogP contribution in [-0.4, -0.2) is 54.1 Å². The average Bonchev–Trinajstić information content (AvgIpc) is 3.01. The fourth-order valence-corrected chi connectivity index (χ4v) is 3.37. The Morgan fingerprint density at radius 3 is 2.84 bits per heavy atom. The first-order valence-corrected chi connectivity index (χ1v) is 9.99. The van der Waals surface area contributed by atoms with Gasteiger partial charge in [-0.3, -0.25) is 9.79 Å². The smallest absolute Gasteiger partial charge is 0.262 e. The van der Waals surface area contributed by atoms with Crippen LogP contribution in [0, 0.1) is 0 Å². The molecule has 2 aliphatic heterocycles. The minimum Gasteiger partial charge on any atom is -0.471 e. The summed E-state index contributed by atoms with van der Waals surface area (Å²) in [6.07, 6.45) is 3.53. The van der Waals surface area contributed by atoms with Crippen LogP contribution >= 0.6 is 0 Å². The van der Waals surface area contributed by atoms with Gasteiger partial charge in [-0.1, -0.05) is 6.07 Å². The lowest BCUT2D eigenvalue weighted by molar-refractivity contribution is -0.0816. The number of anilines is 1. The van der Waals surface area contributed by atoms with E-state index in [4.69, 9.17) is 19.9 Å². The number of aromatic nitrogens is 2. The highest BCUT2D eigenvalue weighted by Crippen LogP contribution is 2.37. The van der Waals surface area contributed by atoms with Gasteiger partial charge in [0.2, 0.25) is 11.8 Å². The van der Waals surface area contributed by atoms with Crippen molar-refractivity contribution in [2.24, 2.45) is 10.7 Å². The predicted molar refractivity (Wildman–Crippen MR) is 117 cm³/mol. The number of aliphatic imine (C=N–C) groups is 1. The summed E-state index contributed by atoms with van der Waals surface area (Å²) in [4.78, 5) is 26.1. The Morgan fingerprint density at radius 1 is 1.35 bits per heavy atom. The fourth-order valence-electron chi connectivity index (χ4n) is 3.37. The van der Waals surface area contributed by atoms with E-state index in [-0.39, 0.29) is 23.5 Å². The van der Waals surface area contributed by atoms with Gasteiger partial charge in [-0.2, -0.15) is 4.98 Å². The molecule has 4 heterocycles. The van der Waals surface area contributed by atoms with Gasteiger partial charge in [0.1, 0.15) is 23.1 Å². The molecule has 9 heteroatoms. The first-order chi connectivity index (χ1) is 14.9. The van der Waals surface area contributed by atoms with Crippen LogP contribution in [-0.2, 0) is 11.2 Å². The zero-order valence-corrected chi connectivity index (χ0v) is 17.7. The van der Waals surface area contributed by atoms with Crippen LogP contribution in [0.4, 0.5) is 5.82 Å². The number of nitrogens with one attached hydrogen (secondary N) is 1.